The fraction of sp³-hybridized carbons (Fsp3) is 0.360. The average Bonchev–Trinajstić information content (AvgIpc) is 3.14. The van der Waals surface area contributed by atoms with Gasteiger partial charge in [0.05, 0.1) is 6.07 Å². The summed E-state index contributed by atoms with van der Waals surface area (Å²) in [5, 5.41) is 22.9. The number of nitrogens with zero attached hydrogens (tertiary/aromatic N) is 1. The van der Waals surface area contributed by atoms with Crippen molar-refractivity contribution in [2.75, 3.05) is 6.61 Å². The van der Waals surface area contributed by atoms with Crippen molar-refractivity contribution in [2.45, 2.75) is 50.6 Å². The number of amides is 2. The molecule has 1 aliphatic carbocycles. The number of hydrogen-bond acceptors (Lipinski definition) is 5. The molecule has 1 aliphatic rings. The van der Waals surface area contributed by atoms with Crippen molar-refractivity contribution in [2.24, 2.45) is 0 Å². The Balaban J connectivity index is 1.66. The number of ether oxygens (including phenoxy) is 1. The molecule has 1 unspecified atom stereocenters. The van der Waals surface area contributed by atoms with Crippen LogP contribution in [0.15, 0.2) is 48.5 Å². The van der Waals surface area contributed by atoms with Crippen LogP contribution < -0.4 is 10.6 Å². The van der Waals surface area contributed by atoms with E-state index in [9.17, 15) is 19.5 Å². The zero-order valence-corrected chi connectivity index (χ0v) is 18.4. The van der Waals surface area contributed by atoms with Crippen molar-refractivity contribution in [1.82, 2.24) is 10.6 Å². The first kappa shape index (κ1) is 23.8. The van der Waals surface area contributed by atoms with Gasteiger partial charge >= 0.3 is 12.1 Å². The number of hydrogen-bond donors (Lipinski definition) is 3. The lowest BCUT2D eigenvalue weighted by Gasteiger charge is -2.21. The number of aliphatic carboxylic acids is 1. The number of fused-ring (bicyclic) bond motifs is 3. The maximum absolute atomic E-state index is 12.6. The summed E-state index contributed by atoms with van der Waals surface area (Å²) in [6.07, 6.45) is 0.225. The summed E-state index contributed by atoms with van der Waals surface area (Å²) in [5.74, 6) is -1.89. The maximum Gasteiger partial charge on any atom is 0.407 e. The molecule has 2 amide bonds. The molecule has 2 atom stereocenters. The normalized spacial score (nSPS) is 13.7. The van der Waals surface area contributed by atoms with Gasteiger partial charge in [-0.05, 0) is 41.5 Å². The Morgan fingerprint density at radius 2 is 1.64 bits per heavy atom. The molecule has 172 valence electrons. The van der Waals surface area contributed by atoms with Gasteiger partial charge < -0.3 is 20.5 Å². The van der Waals surface area contributed by atoms with Gasteiger partial charge in [-0.25, -0.2) is 9.59 Å². The van der Waals surface area contributed by atoms with Gasteiger partial charge in [0.15, 0.2) is 0 Å². The number of carboxylic acid groups (broad SMARTS) is 1. The molecular formula is C25H27N3O5. The molecule has 0 fully saturated rings. The van der Waals surface area contributed by atoms with Crippen molar-refractivity contribution in [1.29, 1.82) is 5.26 Å². The van der Waals surface area contributed by atoms with E-state index in [1.807, 2.05) is 54.6 Å². The van der Waals surface area contributed by atoms with Crippen LogP contribution in [0.5, 0.6) is 0 Å². The standard InChI is InChI=1S/C25H27N3O5/c1-2-21(24(30)31)27-23(29)22(13-7-8-14-26)28-25(32)33-15-20-18-11-5-3-9-16(18)17-10-4-6-12-19(17)20/h3-6,9-12,20-22H,2,7-8,13,15H2,1H3,(H,27,29)(H,28,32)(H,30,31)/t21-,22?/m0/s1. The van der Waals surface area contributed by atoms with Gasteiger partial charge in [0.2, 0.25) is 5.91 Å². The summed E-state index contributed by atoms with van der Waals surface area (Å²) in [6.45, 7) is 1.74. The van der Waals surface area contributed by atoms with Crippen LogP contribution in [0, 0.1) is 11.3 Å². The number of carboxylic acids is 1. The van der Waals surface area contributed by atoms with E-state index in [1.165, 1.54) is 0 Å². The summed E-state index contributed by atoms with van der Waals surface area (Å²) < 4.78 is 5.49. The summed E-state index contributed by atoms with van der Waals surface area (Å²) >= 11 is 0. The van der Waals surface area contributed by atoms with Crippen LogP contribution in [0.2, 0.25) is 0 Å². The van der Waals surface area contributed by atoms with E-state index in [2.05, 4.69) is 10.6 Å². The number of carbonyl (C=O) groups excluding carboxylic acids is 2. The van der Waals surface area contributed by atoms with Crippen LogP contribution in [0.1, 0.15) is 49.7 Å². The third kappa shape index (κ3) is 5.69. The van der Waals surface area contributed by atoms with E-state index in [1.54, 1.807) is 6.92 Å². The highest BCUT2D eigenvalue weighted by Crippen LogP contribution is 2.44. The van der Waals surface area contributed by atoms with Crippen LogP contribution in [-0.2, 0) is 14.3 Å². The minimum absolute atomic E-state index is 0.0963. The monoisotopic (exact) mass is 449 g/mol. The Labute approximate surface area is 192 Å². The number of rotatable bonds is 10. The average molecular weight is 450 g/mol. The molecule has 0 spiro atoms. The van der Waals surface area contributed by atoms with E-state index in [4.69, 9.17) is 10.00 Å². The molecule has 8 nitrogen and oxygen atoms in total. The lowest BCUT2D eigenvalue weighted by Crippen LogP contribution is -2.51. The molecule has 2 aromatic rings. The molecule has 2 aromatic carbocycles. The fourth-order valence-corrected chi connectivity index (χ4v) is 4.05. The molecule has 0 bridgehead atoms. The lowest BCUT2D eigenvalue weighted by molar-refractivity contribution is -0.142. The number of unbranched alkanes of at least 4 members (excludes halogenated alkanes) is 1. The second kappa shape index (κ2) is 11.1. The largest absolute Gasteiger partial charge is 0.480 e. The second-order valence-corrected chi connectivity index (χ2v) is 7.88. The molecule has 0 aromatic heterocycles. The number of alkyl carbamates (subject to hydrolysis) is 1. The zero-order chi connectivity index (χ0) is 23.8. The van der Waals surface area contributed by atoms with E-state index in [0.717, 1.165) is 22.3 Å². The maximum atomic E-state index is 12.6. The van der Waals surface area contributed by atoms with E-state index >= 15 is 0 Å². The topological polar surface area (TPSA) is 129 Å². The smallest absolute Gasteiger partial charge is 0.407 e. The third-order valence-corrected chi connectivity index (χ3v) is 5.76. The van der Waals surface area contributed by atoms with Crippen molar-refractivity contribution < 1.29 is 24.2 Å². The van der Waals surface area contributed by atoms with Gasteiger partial charge in [0.1, 0.15) is 18.7 Å². The molecule has 3 N–H and O–H groups in total. The first-order chi connectivity index (χ1) is 16.0. The molecule has 0 saturated carbocycles. The van der Waals surface area contributed by atoms with E-state index in [-0.39, 0.29) is 31.8 Å². The molecule has 3 rings (SSSR count). The van der Waals surface area contributed by atoms with Crippen LogP contribution in [0.3, 0.4) is 0 Å². The van der Waals surface area contributed by atoms with Crippen LogP contribution in [0.4, 0.5) is 4.79 Å². The highest BCUT2D eigenvalue weighted by Gasteiger charge is 2.30. The number of nitrogens with one attached hydrogen (secondary N) is 2. The number of nitriles is 1. The van der Waals surface area contributed by atoms with E-state index in [0.29, 0.717) is 6.42 Å². The number of benzene rings is 2. The quantitative estimate of drug-likeness (QED) is 0.476. The fourth-order valence-electron chi connectivity index (χ4n) is 4.05. The summed E-state index contributed by atoms with van der Waals surface area (Å²) in [6, 6.07) is 15.9. The minimum Gasteiger partial charge on any atom is -0.480 e. The summed E-state index contributed by atoms with van der Waals surface area (Å²) in [4.78, 5) is 36.4. The highest BCUT2D eigenvalue weighted by molar-refractivity contribution is 5.89. The molecule has 8 heteroatoms. The van der Waals surface area contributed by atoms with Gasteiger partial charge in [-0.15, -0.1) is 0 Å². The Bertz CT molecular complexity index is 1020. The third-order valence-electron chi connectivity index (χ3n) is 5.76. The van der Waals surface area contributed by atoms with Gasteiger partial charge in [-0.1, -0.05) is 55.5 Å². The lowest BCUT2D eigenvalue weighted by atomic mass is 9.98. The SMILES string of the molecule is CC[C@H](NC(=O)C(CCCC#N)NC(=O)OCC1c2ccccc2-c2ccccc21)C(=O)O. The van der Waals surface area contributed by atoms with Crippen LogP contribution >= 0.6 is 0 Å². The van der Waals surface area contributed by atoms with Crippen LogP contribution in [-0.4, -0.2) is 41.8 Å². The van der Waals surface area contributed by atoms with Gasteiger partial charge in [0, 0.05) is 12.3 Å². The molecule has 0 saturated heterocycles. The van der Waals surface area contributed by atoms with Crippen molar-refractivity contribution in [3.05, 3.63) is 59.7 Å². The Kier molecular flexibility index (Phi) is 8.03. The highest BCUT2D eigenvalue weighted by atomic mass is 16.5. The predicted molar refractivity (Wildman–Crippen MR) is 121 cm³/mol. The summed E-state index contributed by atoms with van der Waals surface area (Å²) in [7, 11) is 0. The Hall–Kier alpha value is -3.86. The van der Waals surface area contributed by atoms with Crippen molar-refractivity contribution in [3.63, 3.8) is 0 Å². The predicted octanol–water partition coefficient (Wildman–Crippen LogP) is 3.57. The molecule has 33 heavy (non-hydrogen) atoms. The van der Waals surface area contributed by atoms with Gasteiger partial charge in [-0.3, -0.25) is 4.79 Å². The van der Waals surface area contributed by atoms with Gasteiger partial charge in [-0.2, -0.15) is 5.26 Å². The first-order valence-corrected chi connectivity index (χ1v) is 11.0. The molecule has 0 radical (unpaired) electrons. The summed E-state index contributed by atoms with van der Waals surface area (Å²) in [5.41, 5.74) is 4.36. The zero-order valence-electron chi connectivity index (χ0n) is 18.4. The molecular weight excluding hydrogens is 422 g/mol. The Morgan fingerprint density at radius 1 is 1.03 bits per heavy atom. The molecule has 0 aliphatic heterocycles. The van der Waals surface area contributed by atoms with Gasteiger partial charge in [0.25, 0.3) is 0 Å². The Morgan fingerprint density at radius 3 is 2.18 bits per heavy atom. The second-order valence-electron chi connectivity index (χ2n) is 7.88. The van der Waals surface area contributed by atoms with Crippen LogP contribution in [0.25, 0.3) is 11.1 Å². The van der Waals surface area contributed by atoms with Crippen molar-refractivity contribution >= 4 is 18.0 Å². The first-order valence-electron chi connectivity index (χ1n) is 11.0. The number of carbonyl (C=O) groups is 3. The van der Waals surface area contributed by atoms with Crippen molar-refractivity contribution in [3.8, 4) is 17.2 Å². The minimum atomic E-state index is -1.15. The van der Waals surface area contributed by atoms with E-state index < -0.39 is 30.1 Å². The molecule has 0 heterocycles.